The molecule has 116 valence electrons. The lowest BCUT2D eigenvalue weighted by Crippen LogP contribution is -2.49. The van der Waals surface area contributed by atoms with Crippen molar-refractivity contribution in [1.29, 1.82) is 0 Å². The van der Waals surface area contributed by atoms with Crippen LogP contribution in [0.25, 0.3) is 0 Å². The molecule has 0 aromatic heterocycles. The van der Waals surface area contributed by atoms with Gasteiger partial charge < -0.3 is 10.2 Å². The molecule has 1 heterocycles. The van der Waals surface area contributed by atoms with Gasteiger partial charge in [-0.3, -0.25) is 14.5 Å². The number of likely N-dealkylation sites (tertiary alicyclic amines) is 1. The van der Waals surface area contributed by atoms with Crippen molar-refractivity contribution in [2.75, 3.05) is 33.7 Å². The lowest BCUT2D eigenvalue weighted by Gasteiger charge is -2.33. The largest absolute Gasteiger partial charge is 0.350 e. The van der Waals surface area contributed by atoms with Crippen LogP contribution in [0.1, 0.15) is 40.0 Å². The summed E-state index contributed by atoms with van der Waals surface area (Å²) >= 11 is 0. The van der Waals surface area contributed by atoms with Crippen LogP contribution in [-0.2, 0) is 9.59 Å². The normalized spacial score (nSPS) is 17.9. The van der Waals surface area contributed by atoms with E-state index in [1.807, 2.05) is 13.8 Å². The quantitative estimate of drug-likeness (QED) is 0.822. The Hall–Kier alpha value is -1.10. The van der Waals surface area contributed by atoms with Gasteiger partial charge in [0.25, 0.3) is 0 Å². The van der Waals surface area contributed by atoms with Gasteiger partial charge in [-0.1, -0.05) is 6.92 Å². The van der Waals surface area contributed by atoms with Gasteiger partial charge in [0.15, 0.2) is 0 Å². The molecule has 0 atom stereocenters. The lowest BCUT2D eigenvalue weighted by molar-refractivity contribution is -0.134. The van der Waals surface area contributed by atoms with Gasteiger partial charge in [0.2, 0.25) is 11.8 Å². The first-order valence-corrected chi connectivity index (χ1v) is 7.49. The van der Waals surface area contributed by atoms with Crippen LogP contribution in [0.5, 0.6) is 0 Å². The molecule has 0 saturated carbocycles. The standard InChI is InChI=1S/C15H29N3O2/c1-6-15(2,3)16-13(19)11-18-9-7-12(8-10-18)14(20)17(4)5/h12H,6-11H2,1-5H3,(H,16,19). The number of amides is 2. The first-order valence-electron chi connectivity index (χ1n) is 7.49. The second-order valence-electron chi connectivity index (χ2n) is 6.57. The summed E-state index contributed by atoms with van der Waals surface area (Å²) < 4.78 is 0. The van der Waals surface area contributed by atoms with E-state index in [-0.39, 0.29) is 23.3 Å². The smallest absolute Gasteiger partial charge is 0.234 e. The van der Waals surface area contributed by atoms with Gasteiger partial charge >= 0.3 is 0 Å². The molecule has 20 heavy (non-hydrogen) atoms. The van der Waals surface area contributed by atoms with Crippen molar-refractivity contribution in [3.8, 4) is 0 Å². The highest BCUT2D eigenvalue weighted by Gasteiger charge is 2.27. The fraction of sp³-hybridized carbons (Fsp3) is 0.867. The summed E-state index contributed by atoms with van der Waals surface area (Å²) in [5, 5.41) is 3.05. The van der Waals surface area contributed by atoms with E-state index in [0.717, 1.165) is 32.4 Å². The molecule has 0 aromatic carbocycles. The van der Waals surface area contributed by atoms with Crippen LogP contribution in [0.15, 0.2) is 0 Å². The van der Waals surface area contributed by atoms with Gasteiger partial charge in [-0.15, -0.1) is 0 Å². The monoisotopic (exact) mass is 283 g/mol. The highest BCUT2D eigenvalue weighted by atomic mass is 16.2. The number of carbonyl (C=O) groups excluding carboxylic acids is 2. The average molecular weight is 283 g/mol. The Morgan fingerprint density at radius 2 is 1.80 bits per heavy atom. The van der Waals surface area contributed by atoms with Gasteiger partial charge in [0, 0.05) is 25.6 Å². The van der Waals surface area contributed by atoms with E-state index < -0.39 is 0 Å². The second-order valence-corrected chi connectivity index (χ2v) is 6.57. The van der Waals surface area contributed by atoms with E-state index >= 15 is 0 Å². The Kier molecular flexibility index (Phi) is 5.99. The third-order valence-electron chi connectivity index (χ3n) is 4.11. The fourth-order valence-electron chi connectivity index (χ4n) is 2.41. The molecule has 0 spiro atoms. The Bertz CT molecular complexity index is 345. The summed E-state index contributed by atoms with van der Waals surface area (Å²) in [6, 6.07) is 0. The molecule has 0 radical (unpaired) electrons. The molecule has 2 amide bonds. The Morgan fingerprint density at radius 3 is 2.25 bits per heavy atom. The Balaban J connectivity index is 2.36. The number of nitrogens with zero attached hydrogens (tertiary/aromatic N) is 2. The molecule has 1 aliphatic heterocycles. The van der Waals surface area contributed by atoms with Crippen LogP contribution < -0.4 is 5.32 Å². The van der Waals surface area contributed by atoms with E-state index in [9.17, 15) is 9.59 Å². The Labute approximate surface area is 122 Å². The molecule has 0 unspecified atom stereocenters. The highest BCUT2D eigenvalue weighted by Crippen LogP contribution is 2.18. The van der Waals surface area contributed by atoms with Crippen LogP contribution in [0.2, 0.25) is 0 Å². The summed E-state index contributed by atoms with van der Waals surface area (Å²) in [5.41, 5.74) is -0.143. The minimum absolute atomic E-state index is 0.0780. The van der Waals surface area contributed by atoms with Gasteiger partial charge in [0.05, 0.1) is 6.54 Å². The van der Waals surface area contributed by atoms with Crippen LogP contribution in [0.3, 0.4) is 0 Å². The van der Waals surface area contributed by atoms with Crippen LogP contribution in [-0.4, -0.2) is 60.9 Å². The van der Waals surface area contributed by atoms with Crippen LogP contribution in [0.4, 0.5) is 0 Å². The predicted molar refractivity (Wildman–Crippen MR) is 80.4 cm³/mol. The predicted octanol–water partition coefficient (Wildman–Crippen LogP) is 1.09. The second kappa shape index (κ2) is 7.07. The first-order chi connectivity index (χ1) is 9.25. The van der Waals surface area contributed by atoms with E-state index in [1.165, 1.54) is 0 Å². The fourth-order valence-corrected chi connectivity index (χ4v) is 2.41. The van der Waals surface area contributed by atoms with E-state index in [4.69, 9.17) is 0 Å². The molecule has 0 aliphatic carbocycles. The van der Waals surface area contributed by atoms with Crippen molar-refractivity contribution in [3.05, 3.63) is 0 Å². The Morgan fingerprint density at radius 1 is 1.25 bits per heavy atom. The van der Waals surface area contributed by atoms with Gasteiger partial charge in [-0.2, -0.15) is 0 Å². The van der Waals surface area contributed by atoms with Crippen molar-refractivity contribution < 1.29 is 9.59 Å². The minimum Gasteiger partial charge on any atom is -0.350 e. The van der Waals surface area contributed by atoms with E-state index in [2.05, 4.69) is 17.1 Å². The zero-order valence-electron chi connectivity index (χ0n) is 13.5. The molecule has 1 N–H and O–H groups in total. The van der Waals surface area contributed by atoms with Gasteiger partial charge in [0.1, 0.15) is 0 Å². The SMILES string of the molecule is CCC(C)(C)NC(=O)CN1CCC(C(=O)N(C)C)CC1. The van der Waals surface area contributed by atoms with Crippen LogP contribution >= 0.6 is 0 Å². The van der Waals surface area contributed by atoms with E-state index in [1.54, 1.807) is 19.0 Å². The summed E-state index contributed by atoms with van der Waals surface area (Å²) in [5.74, 6) is 0.409. The lowest BCUT2D eigenvalue weighted by atomic mass is 9.95. The summed E-state index contributed by atoms with van der Waals surface area (Å²) in [7, 11) is 3.60. The van der Waals surface area contributed by atoms with Crippen molar-refractivity contribution in [3.63, 3.8) is 0 Å². The average Bonchev–Trinajstić information content (AvgIpc) is 2.38. The molecule has 5 nitrogen and oxygen atoms in total. The molecule has 0 aromatic rings. The van der Waals surface area contributed by atoms with Gasteiger partial charge in [-0.25, -0.2) is 0 Å². The summed E-state index contributed by atoms with van der Waals surface area (Å²) in [4.78, 5) is 27.7. The molecule has 1 aliphatic rings. The topological polar surface area (TPSA) is 52.7 Å². The molecular weight excluding hydrogens is 254 g/mol. The minimum atomic E-state index is -0.143. The zero-order valence-corrected chi connectivity index (χ0v) is 13.5. The number of rotatable bonds is 5. The summed E-state index contributed by atoms with van der Waals surface area (Å²) in [6.45, 7) is 8.22. The molecule has 1 saturated heterocycles. The number of nitrogens with one attached hydrogen (secondary N) is 1. The van der Waals surface area contributed by atoms with Gasteiger partial charge in [-0.05, 0) is 46.2 Å². The molecule has 5 heteroatoms. The molecule has 1 rings (SSSR count). The van der Waals surface area contributed by atoms with Crippen molar-refractivity contribution >= 4 is 11.8 Å². The molecule has 0 bridgehead atoms. The van der Waals surface area contributed by atoms with Crippen molar-refractivity contribution in [2.24, 2.45) is 5.92 Å². The maximum absolute atomic E-state index is 12.0. The van der Waals surface area contributed by atoms with Crippen molar-refractivity contribution in [1.82, 2.24) is 15.1 Å². The van der Waals surface area contributed by atoms with E-state index in [0.29, 0.717) is 6.54 Å². The van der Waals surface area contributed by atoms with Crippen molar-refractivity contribution in [2.45, 2.75) is 45.6 Å². The maximum atomic E-state index is 12.0. The molecular formula is C15H29N3O2. The zero-order chi connectivity index (χ0) is 15.3. The maximum Gasteiger partial charge on any atom is 0.234 e. The van der Waals surface area contributed by atoms with Crippen LogP contribution in [0, 0.1) is 5.92 Å². The first kappa shape index (κ1) is 17.0. The molecule has 1 fully saturated rings. The number of piperidine rings is 1. The number of hydrogen-bond donors (Lipinski definition) is 1. The summed E-state index contributed by atoms with van der Waals surface area (Å²) in [6.07, 6.45) is 2.61. The third kappa shape index (κ3) is 5.12. The number of hydrogen-bond acceptors (Lipinski definition) is 3. The number of carbonyl (C=O) groups is 2. The third-order valence-corrected chi connectivity index (χ3v) is 4.11. The highest BCUT2D eigenvalue weighted by molar-refractivity contribution is 5.79.